The van der Waals surface area contributed by atoms with Crippen molar-refractivity contribution < 1.29 is 18.3 Å². The molecule has 27 heavy (non-hydrogen) atoms. The van der Waals surface area contributed by atoms with Crippen molar-refractivity contribution in [3.8, 4) is 11.4 Å². The van der Waals surface area contributed by atoms with Gasteiger partial charge in [0, 0.05) is 11.4 Å². The van der Waals surface area contributed by atoms with Gasteiger partial charge in [-0.15, -0.1) is 10.2 Å². The Labute approximate surface area is 158 Å². The Morgan fingerprint density at radius 3 is 2.52 bits per heavy atom. The number of amides is 1. The van der Waals surface area contributed by atoms with Gasteiger partial charge in [0.05, 0.1) is 5.25 Å². The third-order valence-corrected chi connectivity index (χ3v) is 4.61. The molecule has 0 spiro atoms. The summed E-state index contributed by atoms with van der Waals surface area (Å²) in [7, 11) is 0. The van der Waals surface area contributed by atoms with Gasteiger partial charge >= 0.3 is 6.61 Å². The molecule has 3 aromatic rings. The van der Waals surface area contributed by atoms with Crippen LogP contribution < -0.4 is 10.1 Å². The van der Waals surface area contributed by atoms with Crippen molar-refractivity contribution in [1.82, 2.24) is 14.8 Å². The summed E-state index contributed by atoms with van der Waals surface area (Å²) in [5.41, 5.74) is 1.38. The number of benzene rings is 2. The van der Waals surface area contributed by atoms with E-state index in [0.717, 1.165) is 5.69 Å². The molecule has 1 unspecified atom stereocenters. The van der Waals surface area contributed by atoms with E-state index in [1.807, 2.05) is 30.3 Å². The number of thioether (sulfide) groups is 1. The highest BCUT2D eigenvalue weighted by Crippen LogP contribution is 2.25. The zero-order valence-electron chi connectivity index (χ0n) is 14.3. The van der Waals surface area contributed by atoms with Crippen LogP contribution >= 0.6 is 11.8 Å². The van der Waals surface area contributed by atoms with Crippen LogP contribution in [0.2, 0.25) is 0 Å². The van der Waals surface area contributed by atoms with Gasteiger partial charge in [0.1, 0.15) is 12.1 Å². The van der Waals surface area contributed by atoms with Gasteiger partial charge in [-0.2, -0.15) is 8.78 Å². The van der Waals surface area contributed by atoms with Crippen LogP contribution in [0.4, 0.5) is 14.5 Å². The zero-order valence-corrected chi connectivity index (χ0v) is 15.1. The first kappa shape index (κ1) is 18.8. The second-order valence-electron chi connectivity index (χ2n) is 5.47. The number of ether oxygens (including phenoxy) is 1. The summed E-state index contributed by atoms with van der Waals surface area (Å²) < 4.78 is 30.4. The number of halogens is 2. The molecule has 0 saturated carbocycles. The molecule has 0 aliphatic carbocycles. The van der Waals surface area contributed by atoms with Crippen LogP contribution in [0.25, 0.3) is 5.69 Å². The molecule has 1 amide bonds. The highest BCUT2D eigenvalue weighted by molar-refractivity contribution is 8.00. The van der Waals surface area contributed by atoms with E-state index in [9.17, 15) is 13.6 Å². The fourth-order valence-electron chi connectivity index (χ4n) is 2.25. The summed E-state index contributed by atoms with van der Waals surface area (Å²) in [6.07, 6.45) is 1.59. The molecule has 0 bridgehead atoms. The van der Waals surface area contributed by atoms with Crippen molar-refractivity contribution in [1.29, 1.82) is 0 Å². The molecule has 3 rings (SSSR count). The molecule has 0 radical (unpaired) electrons. The monoisotopic (exact) mass is 390 g/mol. The normalized spacial score (nSPS) is 12.0. The van der Waals surface area contributed by atoms with Crippen molar-refractivity contribution in [2.45, 2.75) is 23.9 Å². The highest BCUT2D eigenvalue weighted by Gasteiger charge is 2.18. The Morgan fingerprint density at radius 1 is 1.15 bits per heavy atom. The summed E-state index contributed by atoms with van der Waals surface area (Å²) >= 11 is 1.26. The van der Waals surface area contributed by atoms with Crippen LogP contribution in [-0.2, 0) is 4.79 Å². The Hall–Kier alpha value is -2.94. The van der Waals surface area contributed by atoms with Crippen LogP contribution in [0.5, 0.6) is 5.75 Å². The Morgan fingerprint density at radius 2 is 1.85 bits per heavy atom. The first-order valence-corrected chi connectivity index (χ1v) is 8.89. The predicted octanol–water partition coefficient (Wildman–Crippen LogP) is 3.99. The molecule has 0 aliphatic heterocycles. The lowest BCUT2D eigenvalue weighted by Crippen LogP contribution is -2.22. The maximum atomic E-state index is 12.4. The van der Waals surface area contributed by atoms with Gasteiger partial charge in [-0.05, 0) is 43.3 Å². The standard InChI is InChI=1S/C18H16F2N4O2S/c1-12(16(25)22-13-7-9-15(10-8-13)26-17(19)20)27-18-23-21-11-24(18)14-5-3-2-4-6-14/h2-12,17H,1H3,(H,22,25). The number of aromatic nitrogens is 3. The van der Waals surface area contributed by atoms with Crippen molar-refractivity contribution >= 4 is 23.4 Å². The SMILES string of the molecule is CC(Sc1nncn1-c1ccccc1)C(=O)Nc1ccc(OC(F)F)cc1. The van der Waals surface area contributed by atoms with Crippen molar-refractivity contribution in [2.24, 2.45) is 0 Å². The lowest BCUT2D eigenvalue weighted by molar-refractivity contribution is -0.115. The smallest absolute Gasteiger partial charge is 0.387 e. The van der Waals surface area contributed by atoms with Gasteiger partial charge < -0.3 is 10.1 Å². The molecule has 140 valence electrons. The summed E-state index contributed by atoms with van der Waals surface area (Å²) in [6.45, 7) is -1.14. The van der Waals surface area contributed by atoms with E-state index in [0.29, 0.717) is 10.8 Å². The van der Waals surface area contributed by atoms with Crippen LogP contribution in [0, 0.1) is 0 Å². The first-order chi connectivity index (χ1) is 13.0. The molecule has 1 aromatic heterocycles. The molecule has 0 saturated heterocycles. The van der Waals surface area contributed by atoms with E-state index in [2.05, 4.69) is 20.3 Å². The van der Waals surface area contributed by atoms with Crippen LogP contribution in [0.1, 0.15) is 6.92 Å². The summed E-state index contributed by atoms with van der Waals surface area (Å²) in [5, 5.41) is 10.9. The first-order valence-electron chi connectivity index (χ1n) is 8.01. The number of nitrogens with one attached hydrogen (secondary N) is 1. The molecular formula is C18H16F2N4O2S. The average Bonchev–Trinajstić information content (AvgIpc) is 3.11. The van der Waals surface area contributed by atoms with Crippen molar-refractivity contribution in [2.75, 3.05) is 5.32 Å². The maximum Gasteiger partial charge on any atom is 0.387 e. The highest BCUT2D eigenvalue weighted by atomic mass is 32.2. The number of para-hydroxylation sites is 1. The second-order valence-corrected chi connectivity index (χ2v) is 6.78. The summed E-state index contributed by atoms with van der Waals surface area (Å²) in [5.74, 6) is -0.216. The number of hydrogen-bond acceptors (Lipinski definition) is 5. The molecule has 1 N–H and O–H groups in total. The molecule has 1 atom stereocenters. The fraction of sp³-hybridized carbons (Fsp3) is 0.167. The number of anilines is 1. The second kappa shape index (κ2) is 8.63. The number of rotatable bonds is 7. The molecule has 2 aromatic carbocycles. The van der Waals surface area contributed by atoms with Gasteiger partial charge in [0.25, 0.3) is 0 Å². The van der Waals surface area contributed by atoms with Gasteiger partial charge in [-0.25, -0.2) is 0 Å². The zero-order chi connectivity index (χ0) is 19.2. The van der Waals surface area contributed by atoms with E-state index in [-0.39, 0.29) is 11.7 Å². The number of nitrogens with zero attached hydrogens (tertiary/aromatic N) is 3. The quantitative estimate of drug-likeness (QED) is 0.618. The van der Waals surface area contributed by atoms with E-state index < -0.39 is 11.9 Å². The van der Waals surface area contributed by atoms with Gasteiger partial charge in [-0.1, -0.05) is 30.0 Å². The molecule has 0 fully saturated rings. The number of carbonyl (C=O) groups excluding carboxylic acids is 1. The third-order valence-electron chi connectivity index (χ3n) is 3.55. The molecular weight excluding hydrogens is 374 g/mol. The minimum absolute atomic E-state index is 0.0291. The largest absolute Gasteiger partial charge is 0.435 e. The number of alkyl halides is 2. The van der Waals surface area contributed by atoms with E-state index >= 15 is 0 Å². The van der Waals surface area contributed by atoms with E-state index in [1.54, 1.807) is 17.8 Å². The van der Waals surface area contributed by atoms with Crippen molar-refractivity contribution in [3.63, 3.8) is 0 Å². The van der Waals surface area contributed by atoms with Crippen LogP contribution in [-0.4, -0.2) is 32.5 Å². The predicted molar refractivity (Wildman–Crippen MR) is 98.4 cm³/mol. The molecule has 1 heterocycles. The minimum Gasteiger partial charge on any atom is -0.435 e. The van der Waals surface area contributed by atoms with Crippen LogP contribution in [0.15, 0.2) is 66.1 Å². The molecule has 0 aliphatic rings. The fourth-order valence-corrected chi connectivity index (χ4v) is 3.09. The number of hydrogen-bond donors (Lipinski definition) is 1. The molecule has 9 heteroatoms. The lowest BCUT2D eigenvalue weighted by Gasteiger charge is -2.13. The lowest BCUT2D eigenvalue weighted by atomic mass is 10.3. The average molecular weight is 390 g/mol. The third kappa shape index (κ3) is 5.04. The van der Waals surface area contributed by atoms with Gasteiger partial charge in [-0.3, -0.25) is 9.36 Å². The minimum atomic E-state index is -2.89. The molecule has 6 nitrogen and oxygen atoms in total. The summed E-state index contributed by atoms with van der Waals surface area (Å²) in [6, 6.07) is 15.3. The Bertz CT molecular complexity index is 888. The number of carbonyl (C=O) groups is 1. The van der Waals surface area contributed by atoms with E-state index in [1.165, 1.54) is 36.0 Å². The Kier molecular flexibility index (Phi) is 6.02. The topological polar surface area (TPSA) is 69.0 Å². The summed E-state index contributed by atoms with van der Waals surface area (Å²) in [4.78, 5) is 12.4. The van der Waals surface area contributed by atoms with Crippen molar-refractivity contribution in [3.05, 3.63) is 60.9 Å². The van der Waals surface area contributed by atoms with Crippen LogP contribution in [0.3, 0.4) is 0 Å². The van der Waals surface area contributed by atoms with Gasteiger partial charge in [0.2, 0.25) is 5.91 Å². The Balaban J connectivity index is 1.63. The maximum absolute atomic E-state index is 12.4. The van der Waals surface area contributed by atoms with Gasteiger partial charge in [0.15, 0.2) is 5.16 Å². The van der Waals surface area contributed by atoms with E-state index in [4.69, 9.17) is 0 Å².